The normalized spacial score (nSPS) is 18.4. The number of anilines is 1. The molecule has 1 saturated carbocycles. The number of piperidine rings is 1. The van der Waals surface area contributed by atoms with Gasteiger partial charge in [-0.15, -0.1) is 10.2 Å². The zero-order valence-corrected chi connectivity index (χ0v) is 14.5. The molecule has 0 aromatic carbocycles. The van der Waals surface area contributed by atoms with E-state index in [0.29, 0.717) is 24.1 Å². The van der Waals surface area contributed by atoms with Crippen LogP contribution in [0.4, 0.5) is 5.82 Å². The Morgan fingerprint density at radius 2 is 2.04 bits per heavy atom. The Morgan fingerprint density at radius 3 is 2.68 bits per heavy atom. The van der Waals surface area contributed by atoms with E-state index < -0.39 is 0 Å². The Hall–Kier alpha value is -2.44. The Labute approximate surface area is 147 Å². The highest BCUT2D eigenvalue weighted by Gasteiger charge is 2.31. The van der Waals surface area contributed by atoms with Crippen molar-refractivity contribution >= 4 is 11.8 Å². The van der Waals surface area contributed by atoms with Crippen LogP contribution in [-0.2, 0) is 4.74 Å². The molecule has 2 fully saturated rings. The SMILES string of the molecule is CCOC(=O)c1ccc(N2CCC(c3nncn3C3CC3)CC2)nc1. The van der Waals surface area contributed by atoms with Gasteiger partial charge in [-0.25, -0.2) is 9.78 Å². The summed E-state index contributed by atoms with van der Waals surface area (Å²) in [6.45, 7) is 4.05. The van der Waals surface area contributed by atoms with Crippen molar-refractivity contribution in [1.29, 1.82) is 0 Å². The van der Waals surface area contributed by atoms with Crippen molar-refractivity contribution in [3.8, 4) is 0 Å². The number of ether oxygens (including phenoxy) is 1. The standard InChI is InChI=1S/C18H23N5O2/c1-2-25-18(24)14-3-6-16(19-11-14)22-9-7-13(8-10-22)17-21-20-12-23(17)15-4-5-15/h3,6,11-13,15H,2,4-5,7-10H2,1H3. The first-order chi connectivity index (χ1) is 12.3. The summed E-state index contributed by atoms with van der Waals surface area (Å²) in [6, 6.07) is 4.32. The first-order valence-electron chi connectivity index (χ1n) is 9.03. The summed E-state index contributed by atoms with van der Waals surface area (Å²) >= 11 is 0. The lowest BCUT2D eigenvalue weighted by Crippen LogP contribution is -2.34. The quantitative estimate of drug-likeness (QED) is 0.778. The zero-order chi connectivity index (χ0) is 17.2. The molecule has 25 heavy (non-hydrogen) atoms. The van der Waals surface area contributed by atoms with Gasteiger partial charge < -0.3 is 14.2 Å². The van der Waals surface area contributed by atoms with Crippen molar-refractivity contribution in [2.45, 2.75) is 44.6 Å². The van der Waals surface area contributed by atoms with E-state index in [2.05, 4.69) is 24.6 Å². The van der Waals surface area contributed by atoms with Crippen LogP contribution in [0.15, 0.2) is 24.7 Å². The van der Waals surface area contributed by atoms with Crippen LogP contribution >= 0.6 is 0 Å². The topological polar surface area (TPSA) is 73.1 Å². The van der Waals surface area contributed by atoms with Crippen LogP contribution in [0.3, 0.4) is 0 Å². The van der Waals surface area contributed by atoms with Crippen LogP contribution in [0.2, 0.25) is 0 Å². The average Bonchev–Trinajstić information content (AvgIpc) is 3.39. The van der Waals surface area contributed by atoms with Crippen LogP contribution in [0.5, 0.6) is 0 Å². The molecule has 1 aliphatic heterocycles. The summed E-state index contributed by atoms with van der Waals surface area (Å²) in [5.41, 5.74) is 0.498. The maximum Gasteiger partial charge on any atom is 0.339 e. The Balaban J connectivity index is 1.38. The van der Waals surface area contributed by atoms with Crippen molar-refractivity contribution in [2.24, 2.45) is 0 Å². The number of pyridine rings is 1. The molecule has 0 bridgehead atoms. The lowest BCUT2D eigenvalue weighted by Gasteiger charge is -2.32. The van der Waals surface area contributed by atoms with Crippen LogP contribution in [-0.4, -0.2) is 45.4 Å². The van der Waals surface area contributed by atoms with Gasteiger partial charge in [-0.05, 0) is 44.7 Å². The smallest absolute Gasteiger partial charge is 0.339 e. The Morgan fingerprint density at radius 1 is 1.24 bits per heavy atom. The van der Waals surface area contributed by atoms with Gasteiger partial charge in [0.1, 0.15) is 18.0 Å². The van der Waals surface area contributed by atoms with Gasteiger partial charge in [-0.1, -0.05) is 0 Å². The maximum absolute atomic E-state index is 11.7. The van der Waals surface area contributed by atoms with Crippen LogP contribution in [0, 0.1) is 0 Å². The van der Waals surface area contributed by atoms with Gasteiger partial charge in [0.2, 0.25) is 0 Å². The molecule has 4 rings (SSSR count). The molecule has 2 aromatic rings. The molecule has 0 unspecified atom stereocenters. The number of aromatic nitrogens is 4. The van der Waals surface area contributed by atoms with E-state index in [1.165, 1.54) is 12.8 Å². The number of rotatable bonds is 5. The molecule has 0 amide bonds. The predicted molar refractivity (Wildman–Crippen MR) is 92.7 cm³/mol. The minimum Gasteiger partial charge on any atom is -0.462 e. The third kappa shape index (κ3) is 3.36. The van der Waals surface area contributed by atoms with Gasteiger partial charge in [0.05, 0.1) is 12.2 Å². The number of carbonyl (C=O) groups excluding carboxylic acids is 1. The van der Waals surface area contributed by atoms with Gasteiger partial charge in [0.25, 0.3) is 0 Å². The number of hydrogen-bond donors (Lipinski definition) is 0. The fraction of sp³-hybridized carbons (Fsp3) is 0.556. The van der Waals surface area contributed by atoms with E-state index in [9.17, 15) is 4.79 Å². The van der Waals surface area contributed by atoms with E-state index >= 15 is 0 Å². The average molecular weight is 341 g/mol. The third-order valence-corrected chi connectivity index (χ3v) is 4.98. The van der Waals surface area contributed by atoms with Crippen LogP contribution in [0.1, 0.15) is 60.7 Å². The molecule has 3 heterocycles. The Bertz CT molecular complexity index is 730. The minimum absolute atomic E-state index is 0.320. The molecule has 0 radical (unpaired) electrons. The van der Waals surface area contributed by atoms with Gasteiger partial charge >= 0.3 is 5.97 Å². The molecule has 1 saturated heterocycles. The molecule has 132 valence electrons. The van der Waals surface area contributed by atoms with Crippen molar-refractivity contribution < 1.29 is 9.53 Å². The first kappa shape index (κ1) is 16.1. The van der Waals surface area contributed by atoms with E-state index in [-0.39, 0.29) is 5.97 Å². The van der Waals surface area contributed by atoms with Gasteiger partial charge in [-0.3, -0.25) is 0 Å². The molecule has 0 spiro atoms. The molecular weight excluding hydrogens is 318 g/mol. The summed E-state index contributed by atoms with van der Waals surface area (Å²) < 4.78 is 7.27. The summed E-state index contributed by atoms with van der Waals surface area (Å²) in [5, 5.41) is 8.50. The van der Waals surface area contributed by atoms with Crippen molar-refractivity contribution in [2.75, 3.05) is 24.6 Å². The fourth-order valence-corrected chi connectivity index (χ4v) is 3.45. The van der Waals surface area contributed by atoms with E-state index in [4.69, 9.17) is 4.74 Å². The summed E-state index contributed by atoms with van der Waals surface area (Å²) in [6.07, 6.45) is 8.08. The highest BCUT2D eigenvalue weighted by Crippen LogP contribution is 2.38. The van der Waals surface area contributed by atoms with Crippen molar-refractivity contribution in [3.63, 3.8) is 0 Å². The molecule has 7 nitrogen and oxygen atoms in total. The maximum atomic E-state index is 11.7. The molecule has 1 aliphatic carbocycles. The molecule has 7 heteroatoms. The number of hydrogen-bond acceptors (Lipinski definition) is 6. The van der Waals surface area contributed by atoms with Gasteiger partial charge in [0, 0.05) is 31.2 Å². The molecular formula is C18H23N5O2. The van der Waals surface area contributed by atoms with E-state index in [0.717, 1.165) is 37.6 Å². The second kappa shape index (κ2) is 6.82. The summed E-state index contributed by atoms with van der Waals surface area (Å²) in [7, 11) is 0. The lowest BCUT2D eigenvalue weighted by molar-refractivity contribution is 0.0526. The highest BCUT2D eigenvalue weighted by molar-refractivity contribution is 5.89. The second-order valence-electron chi connectivity index (χ2n) is 6.71. The van der Waals surface area contributed by atoms with Crippen LogP contribution < -0.4 is 4.90 Å². The van der Waals surface area contributed by atoms with Crippen molar-refractivity contribution in [1.82, 2.24) is 19.7 Å². The van der Waals surface area contributed by atoms with Crippen molar-refractivity contribution in [3.05, 3.63) is 36.0 Å². The summed E-state index contributed by atoms with van der Waals surface area (Å²) in [4.78, 5) is 18.4. The Kier molecular flexibility index (Phi) is 4.38. The fourth-order valence-electron chi connectivity index (χ4n) is 3.45. The van der Waals surface area contributed by atoms with Gasteiger partial charge in [-0.2, -0.15) is 0 Å². The zero-order valence-electron chi connectivity index (χ0n) is 14.5. The highest BCUT2D eigenvalue weighted by atomic mass is 16.5. The number of nitrogens with zero attached hydrogens (tertiary/aromatic N) is 5. The molecule has 2 aromatic heterocycles. The molecule has 0 N–H and O–H groups in total. The molecule has 2 aliphatic rings. The van der Waals surface area contributed by atoms with E-state index in [1.54, 1.807) is 19.2 Å². The predicted octanol–water partition coefficient (Wildman–Crippen LogP) is 2.57. The number of carbonyl (C=O) groups is 1. The third-order valence-electron chi connectivity index (χ3n) is 4.98. The lowest BCUT2D eigenvalue weighted by atomic mass is 9.96. The molecule has 0 atom stereocenters. The monoisotopic (exact) mass is 341 g/mol. The minimum atomic E-state index is -0.320. The second-order valence-corrected chi connectivity index (χ2v) is 6.71. The van der Waals surface area contributed by atoms with Crippen LogP contribution in [0.25, 0.3) is 0 Å². The number of esters is 1. The summed E-state index contributed by atoms with van der Waals surface area (Å²) in [5.74, 6) is 2.21. The van der Waals surface area contributed by atoms with E-state index in [1.807, 2.05) is 12.4 Å². The first-order valence-corrected chi connectivity index (χ1v) is 9.03. The largest absolute Gasteiger partial charge is 0.462 e. The van der Waals surface area contributed by atoms with Gasteiger partial charge in [0.15, 0.2) is 0 Å².